The quantitative estimate of drug-likeness (QED) is 0.682. The molecule has 0 radical (unpaired) electrons. The molecular formula is C14H11N3O. The second kappa shape index (κ2) is 4.00. The molecule has 1 aromatic heterocycles. The standard InChI is InChI=1S/C14H11N3O/c15-14-16-12-8-10(18)6-7-11(12)13(17-14)9-4-2-1-3-5-9/h1-8,18H,(H2,15,16,17). The molecule has 0 atom stereocenters. The van der Waals surface area contributed by atoms with Crippen molar-refractivity contribution in [2.75, 3.05) is 5.73 Å². The van der Waals surface area contributed by atoms with E-state index in [4.69, 9.17) is 5.73 Å². The summed E-state index contributed by atoms with van der Waals surface area (Å²) in [7, 11) is 0. The van der Waals surface area contributed by atoms with Crippen molar-refractivity contribution in [2.24, 2.45) is 0 Å². The first-order valence-corrected chi connectivity index (χ1v) is 5.56. The summed E-state index contributed by atoms with van der Waals surface area (Å²) in [6.07, 6.45) is 0. The van der Waals surface area contributed by atoms with Crippen molar-refractivity contribution < 1.29 is 5.11 Å². The lowest BCUT2D eigenvalue weighted by Gasteiger charge is -2.07. The Morgan fingerprint density at radius 2 is 1.72 bits per heavy atom. The summed E-state index contributed by atoms with van der Waals surface area (Å²) in [6, 6.07) is 14.8. The third kappa shape index (κ3) is 1.73. The number of hydrogen-bond acceptors (Lipinski definition) is 4. The predicted octanol–water partition coefficient (Wildman–Crippen LogP) is 2.58. The van der Waals surface area contributed by atoms with Crippen molar-refractivity contribution >= 4 is 16.9 Å². The number of hydrogen-bond donors (Lipinski definition) is 2. The Hall–Kier alpha value is -2.62. The van der Waals surface area contributed by atoms with Crippen LogP contribution in [-0.4, -0.2) is 15.1 Å². The number of benzene rings is 2. The number of fused-ring (bicyclic) bond motifs is 1. The molecule has 88 valence electrons. The fourth-order valence-corrected chi connectivity index (χ4v) is 1.95. The van der Waals surface area contributed by atoms with E-state index in [-0.39, 0.29) is 11.7 Å². The highest BCUT2D eigenvalue weighted by molar-refractivity contribution is 5.93. The van der Waals surface area contributed by atoms with Crippen LogP contribution in [0.2, 0.25) is 0 Å². The molecule has 0 unspecified atom stereocenters. The number of aromatic nitrogens is 2. The fourth-order valence-electron chi connectivity index (χ4n) is 1.95. The minimum absolute atomic E-state index is 0.166. The van der Waals surface area contributed by atoms with Gasteiger partial charge >= 0.3 is 0 Å². The van der Waals surface area contributed by atoms with E-state index in [1.54, 1.807) is 18.2 Å². The average molecular weight is 237 g/mol. The molecule has 3 aromatic rings. The van der Waals surface area contributed by atoms with Crippen LogP contribution in [-0.2, 0) is 0 Å². The van der Waals surface area contributed by atoms with Crippen molar-refractivity contribution in [3.8, 4) is 17.0 Å². The van der Waals surface area contributed by atoms with E-state index in [1.807, 2.05) is 30.3 Å². The third-order valence-electron chi connectivity index (χ3n) is 2.75. The smallest absolute Gasteiger partial charge is 0.221 e. The van der Waals surface area contributed by atoms with Crippen LogP contribution in [0.25, 0.3) is 22.2 Å². The molecule has 0 fully saturated rings. The van der Waals surface area contributed by atoms with Crippen LogP contribution >= 0.6 is 0 Å². The molecule has 0 aliphatic rings. The zero-order valence-corrected chi connectivity index (χ0v) is 9.54. The minimum Gasteiger partial charge on any atom is -0.508 e. The molecule has 0 spiro atoms. The topological polar surface area (TPSA) is 72.0 Å². The van der Waals surface area contributed by atoms with Gasteiger partial charge in [-0.2, -0.15) is 0 Å². The molecule has 0 bridgehead atoms. The number of nitrogen functional groups attached to an aromatic ring is 1. The first-order chi connectivity index (χ1) is 8.74. The molecule has 18 heavy (non-hydrogen) atoms. The van der Waals surface area contributed by atoms with Gasteiger partial charge in [0.25, 0.3) is 0 Å². The van der Waals surface area contributed by atoms with Crippen molar-refractivity contribution in [3.05, 3.63) is 48.5 Å². The first kappa shape index (κ1) is 10.5. The molecule has 2 aromatic carbocycles. The Balaban J connectivity index is 2.35. The van der Waals surface area contributed by atoms with Crippen molar-refractivity contribution in [1.29, 1.82) is 0 Å². The maximum absolute atomic E-state index is 9.48. The van der Waals surface area contributed by atoms with Crippen LogP contribution < -0.4 is 5.73 Å². The second-order valence-corrected chi connectivity index (χ2v) is 4.00. The fraction of sp³-hybridized carbons (Fsp3) is 0. The maximum atomic E-state index is 9.48. The normalized spacial score (nSPS) is 10.7. The number of aromatic hydroxyl groups is 1. The Labute approximate surface area is 104 Å². The van der Waals surface area contributed by atoms with Crippen molar-refractivity contribution in [1.82, 2.24) is 9.97 Å². The third-order valence-corrected chi connectivity index (χ3v) is 2.75. The summed E-state index contributed by atoms with van der Waals surface area (Å²) in [5, 5.41) is 10.4. The van der Waals surface area contributed by atoms with E-state index in [9.17, 15) is 5.11 Å². The van der Waals surface area contributed by atoms with Crippen LogP contribution in [0.1, 0.15) is 0 Å². The van der Waals surface area contributed by atoms with Crippen molar-refractivity contribution in [3.63, 3.8) is 0 Å². The molecule has 1 heterocycles. The van der Waals surface area contributed by atoms with Crippen LogP contribution in [0.3, 0.4) is 0 Å². The maximum Gasteiger partial charge on any atom is 0.221 e. The van der Waals surface area contributed by atoms with Crippen LogP contribution in [0.5, 0.6) is 5.75 Å². The average Bonchev–Trinajstić information content (AvgIpc) is 2.38. The largest absolute Gasteiger partial charge is 0.508 e. The summed E-state index contributed by atoms with van der Waals surface area (Å²) in [5.41, 5.74) is 8.10. The second-order valence-electron chi connectivity index (χ2n) is 4.00. The van der Waals surface area contributed by atoms with Gasteiger partial charge in [-0.05, 0) is 12.1 Å². The van der Waals surface area contributed by atoms with E-state index >= 15 is 0 Å². The Kier molecular flexibility index (Phi) is 2.34. The van der Waals surface area contributed by atoms with Gasteiger partial charge in [0.15, 0.2) is 0 Å². The molecule has 0 aliphatic heterocycles. The monoisotopic (exact) mass is 237 g/mol. The number of nitrogens with zero attached hydrogens (tertiary/aromatic N) is 2. The molecule has 4 nitrogen and oxygen atoms in total. The summed E-state index contributed by atoms with van der Waals surface area (Å²) >= 11 is 0. The van der Waals surface area contributed by atoms with Gasteiger partial charge in [-0.15, -0.1) is 0 Å². The number of nitrogens with two attached hydrogens (primary N) is 1. The lowest BCUT2D eigenvalue weighted by atomic mass is 10.1. The number of phenolic OH excluding ortho intramolecular Hbond substituents is 1. The molecule has 3 N–H and O–H groups in total. The number of rotatable bonds is 1. The van der Waals surface area contributed by atoms with E-state index < -0.39 is 0 Å². The molecule has 3 rings (SSSR count). The first-order valence-electron chi connectivity index (χ1n) is 5.56. The Morgan fingerprint density at radius 1 is 0.944 bits per heavy atom. The molecule has 4 heteroatoms. The zero-order valence-electron chi connectivity index (χ0n) is 9.54. The molecule has 0 saturated heterocycles. The van der Waals surface area contributed by atoms with Gasteiger partial charge in [-0.1, -0.05) is 30.3 Å². The molecule has 0 saturated carbocycles. The molecular weight excluding hydrogens is 226 g/mol. The molecule has 0 aliphatic carbocycles. The summed E-state index contributed by atoms with van der Waals surface area (Å²) in [6.45, 7) is 0. The van der Waals surface area contributed by atoms with E-state index in [0.29, 0.717) is 5.52 Å². The number of anilines is 1. The lowest BCUT2D eigenvalue weighted by Crippen LogP contribution is -1.97. The molecule has 0 amide bonds. The van der Waals surface area contributed by atoms with E-state index in [0.717, 1.165) is 16.6 Å². The van der Waals surface area contributed by atoms with Gasteiger partial charge in [-0.3, -0.25) is 0 Å². The van der Waals surface area contributed by atoms with Crippen LogP contribution in [0, 0.1) is 0 Å². The van der Waals surface area contributed by atoms with Crippen molar-refractivity contribution in [2.45, 2.75) is 0 Å². The van der Waals surface area contributed by atoms with Crippen LogP contribution in [0.4, 0.5) is 5.95 Å². The number of phenols is 1. The predicted molar refractivity (Wildman–Crippen MR) is 71.1 cm³/mol. The summed E-state index contributed by atoms with van der Waals surface area (Å²) < 4.78 is 0. The Morgan fingerprint density at radius 3 is 2.50 bits per heavy atom. The minimum atomic E-state index is 0.166. The highest BCUT2D eigenvalue weighted by Gasteiger charge is 2.08. The van der Waals surface area contributed by atoms with Crippen LogP contribution in [0.15, 0.2) is 48.5 Å². The summed E-state index contributed by atoms with van der Waals surface area (Å²) in [4.78, 5) is 8.42. The summed E-state index contributed by atoms with van der Waals surface area (Å²) in [5.74, 6) is 0.367. The SMILES string of the molecule is Nc1nc(-c2ccccc2)c2ccc(O)cc2n1. The highest BCUT2D eigenvalue weighted by Crippen LogP contribution is 2.28. The zero-order chi connectivity index (χ0) is 12.5. The van der Waals surface area contributed by atoms with Gasteiger partial charge in [-0.25, -0.2) is 9.97 Å². The Bertz CT molecular complexity index is 706. The highest BCUT2D eigenvalue weighted by atomic mass is 16.3. The van der Waals surface area contributed by atoms with E-state index in [1.165, 1.54) is 0 Å². The lowest BCUT2D eigenvalue weighted by molar-refractivity contribution is 0.476. The van der Waals surface area contributed by atoms with Gasteiger partial charge in [0.1, 0.15) is 5.75 Å². The van der Waals surface area contributed by atoms with Gasteiger partial charge in [0.05, 0.1) is 11.2 Å². The van der Waals surface area contributed by atoms with E-state index in [2.05, 4.69) is 9.97 Å². The van der Waals surface area contributed by atoms with Gasteiger partial charge in [0.2, 0.25) is 5.95 Å². The van der Waals surface area contributed by atoms with Gasteiger partial charge < -0.3 is 10.8 Å². The van der Waals surface area contributed by atoms with Gasteiger partial charge in [0, 0.05) is 17.0 Å².